The van der Waals surface area contributed by atoms with Gasteiger partial charge in [-0.15, -0.1) is 0 Å². The number of fused-ring (bicyclic) bond motifs is 1. The number of rotatable bonds is 1. The average molecular weight is 279 g/mol. The predicted molar refractivity (Wildman–Crippen MR) is 77.7 cm³/mol. The highest BCUT2D eigenvalue weighted by Crippen LogP contribution is 2.36. The molecular weight excluding hydrogens is 266 g/mol. The first-order valence-corrected chi connectivity index (χ1v) is 6.50. The summed E-state index contributed by atoms with van der Waals surface area (Å²) >= 11 is 0. The molecule has 1 aliphatic heterocycles. The van der Waals surface area contributed by atoms with Gasteiger partial charge < -0.3 is 4.74 Å². The highest BCUT2D eigenvalue weighted by molar-refractivity contribution is 5.74. The Morgan fingerprint density at radius 1 is 1.38 bits per heavy atom. The Morgan fingerprint density at radius 3 is 2.90 bits per heavy atom. The number of ether oxygens (including phenoxy) is 1. The van der Waals surface area contributed by atoms with E-state index in [1.807, 2.05) is 19.9 Å². The van der Waals surface area contributed by atoms with E-state index in [0.717, 1.165) is 5.56 Å². The molecule has 1 aliphatic rings. The fourth-order valence-electron chi connectivity index (χ4n) is 2.35. The predicted octanol–water partition coefficient (Wildman–Crippen LogP) is 2.18. The molecule has 3 rings (SSSR count). The van der Waals surface area contributed by atoms with E-state index in [2.05, 4.69) is 11.1 Å². The molecule has 0 amide bonds. The summed E-state index contributed by atoms with van der Waals surface area (Å²) in [5.74, 6) is 0.653. The second-order valence-corrected chi connectivity index (χ2v) is 5.34. The standard InChI is InChI=1S/C16H13N3O2/c1-16(2)8-13(19-6-5-18-10-15(19)20)12-7-11(9-17)3-4-14(12)21-16/h3-8,10H,1-2H3. The molecule has 21 heavy (non-hydrogen) atoms. The molecule has 5 heteroatoms. The Kier molecular flexibility index (Phi) is 2.88. The molecule has 0 radical (unpaired) electrons. The molecule has 104 valence electrons. The van der Waals surface area contributed by atoms with Crippen molar-refractivity contribution >= 4 is 5.70 Å². The molecule has 0 saturated heterocycles. The molecule has 0 N–H and O–H groups in total. The second kappa shape index (κ2) is 4.60. The van der Waals surface area contributed by atoms with Crippen LogP contribution in [0.2, 0.25) is 0 Å². The van der Waals surface area contributed by atoms with E-state index in [4.69, 9.17) is 10.00 Å². The van der Waals surface area contributed by atoms with Crippen LogP contribution in [0.3, 0.4) is 0 Å². The summed E-state index contributed by atoms with van der Waals surface area (Å²) in [6.45, 7) is 3.83. The van der Waals surface area contributed by atoms with Gasteiger partial charge in [-0.2, -0.15) is 5.26 Å². The Bertz CT molecular complexity index is 841. The Hall–Kier alpha value is -2.87. The molecule has 5 nitrogen and oxygen atoms in total. The number of hydrogen-bond acceptors (Lipinski definition) is 4. The Balaban J connectivity index is 2.29. The van der Waals surface area contributed by atoms with Crippen LogP contribution in [0.5, 0.6) is 5.75 Å². The smallest absolute Gasteiger partial charge is 0.273 e. The molecule has 0 fully saturated rings. The van der Waals surface area contributed by atoms with Gasteiger partial charge in [0.1, 0.15) is 11.4 Å². The molecule has 0 saturated carbocycles. The maximum atomic E-state index is 12.0. The van der Waals surface area contributed by atoms with Gasteiger partial charge in [0.05, 0.1) is 23.5 Å². The maximum Gasteiger partial charge on any atom is 0.273 e. The van der Waals surface area contributed by atoms with E-state index >= 15 is 0 Å². The Morgan fingerprint density at radius 2 is 2.19 bits per heavy atom. The number of nitriles is 1. The van der Waals surface area contributed by atoms with E-state index in [-0.39, 0.29) is 5.56 Å². The van der Waals surface area contributed by atoms with Crippen LogP contribution in [0.4, 0.5) is 0 Å². The normalized spacial score (nSPS) is 15.4. The lowest BCUT2D eigenvalue weighted by Gasteiger charge is -2.31. The quantitative estimate of drug-likeness (QED) is 0.802. The molecule has 0 unspecified atom stereocenters. The lowest BCUT2D eigenvalue weighted by Crippen LogP contribution is -2.32. The third-order valence-corrected chi connectivity index (χ3v) is 3.23. The molecule has 0 aliphatic carbocycles. The zero-order valence-corrected chi connectivity index (χ0v) is 11.7. The summed E-state index contributed by atoms with van der Waals surface area (Å²) in [7, 11) is 0. The van der Waals surface area contributed by atoms with Crippen molar-refractivity contribution in [1.82, 2.24) is 9.55 Å². The highest BCUT2D eigenvalue weighted by Gasteiger charge is 2.28. The van der Waals surface area contributed by atoms with Crippen LogP contribution in [0.25, 0.3) is 5.70 Å². The topological polar surface area (TPSA) is 67.9 Å². The van der Waals surface area contributed by atoms with Gasteiger partial charge in [-0.1, -0.05) is 0 Å². The number of benzene rings is 1. The summed E-state index contributed by atoms with van der Waals surface area (Å²) < 4.78 is 7.40. The molecule has 0 atom stereocenters. The average Bonchev–Trinajstić information content (AvgIpc) is 2.46. The molecule has 1 aromatic carbocycles. The highest BCUT2D eigenvalue weighted by atomic mass is 16.5. The first-order chi connectivity index (χ1) is 10.00. The van der Waals surface area contributed by atoms with Crippen molar-refractivity contribution < 1.29 is 4.74 Å². The molecule has 1 aromatic heterocycles. The van der Waals surface area contributed by atoms with Gasteiger partial charge in [0, 0.05) is 18.0 Å². The van der Waals surface area contributed by atoms with Crippen LogP contribution in [-0.2, 0) is 0 Å². The zero-order chi connectivity index (χ0) is 15.0. The zero-order valence-electron chi connectivity index (χ0n) is 11.7. The third kappa shape index (κ3) is 2.32. The van der Waals surface area contributed by atoms with Crippen LogP contribution < -0.4 is 10.3 Å². The van der Waals surface area contributed by atoms with Crippen molar-refractivity contribution in [3.8, 4) is 11.8 Å². The van der Waals surface area contributed by atoms with Crippen LogP contribution in [0, 0.1) is 11.3 Å². The van der Waals surface area contributed by atoms with E-state index in [1.165, 1.54) is 10.8 Å². The van der Waals surface area contributed by atoms with Crippen molar-refractivity contribution in [1.29, 1.82) is 5.26 Å². The van der Waals surface area contributed by atoms with E-state index in [1.54, 1.807) is 30.6 Å². The summed E-state index contributed by atoms with van der Waals surface area (Å²) in [6.07, 6.45) is 6.30. The minimum atomic E-state index is -0.542. The van der Waals surface area contributed by atoms with Crippen LogP contribution >= 0.6 is 0 Å². The summed E-state index contributed by atoms with van der Waals surface area (Å²) in [4.78, 5) is 15.9. The van der Waals surface area contributed by atoms with Gasteiger partial charge >= 0.3 is 0 Å². The minimum Gasteiger partial charge on any atom is -0.483 e. The van der Waals surface area contributed by atoms with Crippen molar-refractivity contribution in [3.63, 3.8) is 0 Å². The van der Waals surface area contributed by atoms with Crippen LogP contribution in [0.15, 0.2) is 47.7 Å². The van der Waals surface area contributed by atoms with Crippen molar-refractivity contribution in [2.45, 2.75) is 19.4 Å². The molecule has 0 spiro atoms. The summed E-state index contributed by atoms with van der Waals surface area (Å²) in [5, 5.41) is 9.06. The first kappa shape index (κ1) is 13.1. The van der Waals surface area contributed by atoms with E-state index in [9.17, 15) is 4.79 Å². The number of nitrogens with zero attached hydrogens (tertiary/aromatic N) is 3. The van der Waals surface area contributed by atoms with Crippen molar-refractivity contribution in [3.05, 3.63) is 64.3 Å². The lowest BCUT2D eigenvalue weighted by atomic mass is 9.97. The molecule has 2 aromatic rings. The van der Waals surface area contributed by atoms with Crippen LogP contribution in [-0.4, -0.2) is 15.2 Å². The molecule has 2 heterocycles. The number of aromatic nitrogens is 2. The van der Waals surface area contributed by atoms with Crippen LogP contribution in [0.1, 0.15) is 25.0 Å². The Labute approximate surface area is 121 Å². The van der Waals surface area contributed by atoms with Crippen molar-refractivity contribution in [2.75, 3.05) is 0 Å². The van der Waals surface area contributed by atoms with Gasteiger partial charge in [0.15, 0.2) is 0 Å². The van der Waals surface area contributed by atoms with E-state index < -0.39 is 5.60 Å². The second-order valence-electron chi connectivity index (χ2n) is 5.34. The summed E-state index contributed by atoms with van der Waals surface area (Å²) in [6, 6.07) is 7.29. The van der Waals surface area contributed by atoms with Gasteiger partial charge in [0.25, 0.3) is 5.56 Å². The SMILES string of the molecule is CC1(C)C=C(n2ccncc2=O)c2cc(C#N)ccc2O1. The third-order valence-electron chi connectivity index (χ3n) is 3.23. The molecule has 0 bridgehead atoms. The van der Waals surface area contributed by atoms with Gasteiger partial charge in [-0.3, -0.25) is 14.3 Å². The fourth-order valence-corrected chi connectivity index (χ4v) is 2.35. The molecular formula is C16H13N3O2. The van der Waals surface area contributed by atoms with Gasteiger partial charge in [-0.25, -0.2) is 0 Å². The fraction of sp³-hybridized carbons (Fsp3) is 0.188. The van der Waals surface area contributed by atoms with Crippen molar-refractivity contribution in [2.24, 2.45) is 0 Å². The monoisotopic (exact) mass is 279 g/mol. The lowest BCUT2D eigenvalue weighted by molar-refractivity contribution is 0.157. The largest absolute Gasteiger partial charge is 0.483 e. The van der Waals surface area contributed by atoms with E-state index in [0.29, 0.717) is 17.0 Å². The van der Waals surface area contributed by atoms with Gasteiger partial charge in [-0.05, 0) is 38.1 Å². The summed E-state index contributed by atoms with van der Waals surface area (Å²) in [5.41, 5.74) is 1.17. The minimum absolute atomic E-state index is 0.227. The maximum absolute atomic E-state index is 12.0. The number of hydrogen-bond donors (Lipinski definition) is 0. The first-order valence-electron chi connectivity index (χ1n) is 6.50. The van der Waals surface area contributed by atoms with Gasteiger partial charge in [0.2, 0.25) is 0 Å².